The second kappa shape index (κ2) is 12.8. The van der Waals surface area contributed by atoms with Gasteiger partial charge in [0.1, 0.15) is 5.60 Å². The topological polar surface area (TPSA) is 135 Å². The Morgan fingerprint density at radius 2 is 1.61 bits per heavy atom. The molecule has 1 spiro atoms. The average molecular weight is 554 g/mol. The van der Waals surface area contributed by atoms with Crippen LogP contribution in [0.1, 0.15) is 24.2 Å². The Morgan fingerprint density at radius 1 is 1.05 bits per heavy atom. The molecule has 2 aromatic heterocycles. The summed E-state index contributed by atoms with van der Waals surface area (Å²) in [7, 11) is 0. The van der Waals surface area contributed by atoms with Crippen LogP contribution < -0.4 is 4.90 Å². The van der Waals surface area contributed by atoms with Crippen LogP contribution in [0, 0.1) is 6.92 Å². The molecule has 210 valence electrons. The third kappa shape index (κ3) is 9.74. The van der Waals surface area contributed by atoms with Crippen molar-refractivity contribution in [1.29, 1.82) is 0 Å². The maximum absolute atomic E-state index is 10.6. The predicted molar refractivity (Wildman–Crippen MR) is 117 cm³/mol. The van der Waals surface area contributed by atoms with Crippen molar-refractivity contribution in [2.24, 2.45) is 0 Å². The van der Waals surface area contributed by atoms with E-state index in [4.69, 9.17) is 29.3 Å². The normalized spacial score (nSPS) is 18.3. The summed E-state index contributed by atoms with van der Waals surface area (Å²) in [5.41, 5.74) is 1.91. The van der Waals surface area contributed by atoms with Crippen molar-refractivity contribution in [2.75, 3.05) is 24.6 Å². The number of aliphatic carboxylic acids is 2. The van der Waals surface area contributed by atoms with Gasteiger partial charge in [-0.15, -0.1) is 0 Å². The van der Waals surface area contributed by atoms with Gasteiger partial charge in [0.25, 0.3) is 0 Å². The summed E-state index contributed by atoms with van der Waals surface area (Å²) >= 11 is 0. The van der Waals surface area contributed by atoms with Crippen molar-refractivity contribution in [3.05, 3.63) is 48.0 Å². The van der Waals surface area contributed by atoms with E-state index in [-0.39, 0.29) is 11.7 Å². The molecule has 2 aliphatic rings. The van der Waals surface area contributed by atoms with Gasteiger partial charge in [0.05, 0.1) is 31.5 Å². The first-order valence-electron chi connectivity index (χ1n) is 10.9. The lowest BCUT2D eigenvalue weighted by molar-refractivity contribution is -0.193. The molecule has 16 heteroatoms. The highest BCUT2D eigenvalue weighted by atomic mass is 19.4. The lowest BCUT2D eigenvalue weighted by Crippen LogP contribution is -2.66. The van der Waals surface area contributed by atoms with Crippen LogP contribution >= 0.6 is 0 Å². The fourth-order valence-electron chi connectivity index (χ4n) is 3.47. The zero-order valence-corrected chi connectivity index (χ0v) is 19.9. The Kier molecular flexibility index (Phi) is 10.4. The van der Waals surface area contributed by atoms with E-state index in [1.54, 1.807) is 12.4 Å². The van der Waals surface area contributed by atoms with Crippen LogP contribution in [-0.2, 0) is 25.7 Å². The van der Waals surface area contributed by atoms with Crippen LogP contribution in [-0.4, -0.2) is 80.9 Å². The van der Waals surface area contributed by atoms with Gasteiger partial charge in [-0.3, -0.25) is 4.98 Å². The minimum absolute atomic E-state index is 0.109. The molecule has 1 unspecified atom stereocenters. The number of anilines is 1. The molecule has 0 aliphatic carbocycles. The Morgan fingerprint density at radius 3 is 2.11 bits per heavy atom. The van der Waals surface area contributed by atoms with E-state index in [1.165, 1.54) is 0 Å². The van der Waals surface area contributed by atoms with Crippen LogP contribution in [0.3, 0.4) is 0 Å². The first kappa shape index (κ1) is 30.7. The summed E-state index contributed by atoms with van der Waals surface area (Å²) in [4.78, 5) is 33.1. The first-order valence-corrected chi connectivity index (χ1v) is 10.9. The van der Waals surface area contributed by atoms with Gasteiger partial charge < -0.3 is 24.6 Å². The van der Waals surface area contributed by atoms with Crippen molar-refractivity contribution in [3.63, 3.8) is 0 Å². The standard InChI is InChI=1S/C18H22N4O2.2C2HF3O2/c1-14-4-2-5-15(21-14)11-23-16-6-9-24-18(10-16)12-22(13-18)17-19-7-3-8-20-17;2*3-2(4,5)1(6)7/h2-5,7-8,16H,6,9-13H2,1H3;2*(H,6,7). The van der Waals surface area contributed by atoms with Gasteiger partial charge >= 0.3 is 24.3 Å². The van der Waals surface area contributed by atoms with Crippen molar-refractivity contribution in [3.8, 4) is 0 Å². The van der Waals surface area contributed by atoms with Crippen LogP contribution in [0.25, 0.3) is 0 Å². The molecule has 0 amide bonds. The van der Waals surface area contributed by atoms with Gasteiger partial charge in [-0.25, -0.2) is 19.6 Å². The minimum atomic E-state index is -5.08. The number of hydrogen-bond donors (Lipinski definition) is 2. The zero-order chi connectivity index (χ0) is 28.6. The molecule has 1 atom stereocenters. The molecular formula is C22H24F6N4O6. The molecule has 4 rings (SSSR count). The van der Waals surface area contributed by atoms with Gasteiger partial charge in [0, 0.05) is 31.1 Å². The average Bonchev–Trinajstić information content (AvgIpc) is 2.81. The molecule has 0 aromatic carbocycles. The number of hydrogen-bond acceptors (Lipinski definition) is 8. The molecule has 0 saturated carbocycles. The number of alkyl halides is 6. The highest BCUT2D eigenvalue weighted by Gasteiger charge is 2.48. The molecular weight excluding hydrogens is 530 g/mol. The van der Waals surface area contributed by atoms with Gasteiger partial charge in [-0.2, -0.15) is 26.3 Å². The molecule has 0 radical (unpaired) electrons. The van der Waals surface area contributed by atoms with Crippen molar-refractivity contribution >= 4 is 17.9 Å². The second-order valence-corrected chi connectivity index (χ2v) is 8.24. The Labute approximate surface area is 212 Å². The summed E-state index contributed by atoms with van der Waals surface area (Å²) in [5, 5.41) is 14.2. The minimum Gasteiger partial charge on any atom is -0.475 e. The molecule has 38 heavy (non-hydrogen) atoms. The molecule has 2 N–H and O–H groups in total. The summed E-state index contributed by atoms with van der Waals surface area (Å²) in [5.74, 6) is -4.74. The summed E-state index contributed by atoms with van der Waals surface area (Å²) in [6.45, 7) is 4.98. The third-order valence-corrected chi connectivity index (χ3v) is 5.14. The Hall–Kier alpha value is -3.53. The number of nitrogens with zero attached hydrogens (tertiary/aromatic N) is 4. The molecule has 0 bridgehead atoms. The van der Waals surface area contributed by atoms with Crippen molar-refractivity contribution in [2.45, 2.75) is 50.4 Å². The number of carboxylic acids is 2. The third-order valence-electron chi connectivity index (χ3n) is 5.14. The van der Waals surface area contributed by atoms with Crippen LogP contribution in [0.2, 0.25) is 0 Å². The number of ether oxygens (including phenoxy) is 2. The van der Waals surface area contributed by atoms with Gasteiger partial charge in [-0.05, 0) is 31.5 Å². The van der Waals surface area contributed by atoms with E-state index in [1.807, 2.05) is 31.2 Å². The highest BCUT2D eigenvalue weighted by molar-refractivity contribution is 5.73. The van der Waals surface area contributed by atoms with Gasteiger partial charge in [0.15, 0.2) is 0 Å². The van der Waals surface area contributed by atoms with E-state index in [0.717, 1.165) is 49.9 Å². The van der Waals surface area contributed by atoms with Gasteiger partial charge in [-0.1, -0.05) is 6.07 Å². The van der Waals surface area contributed by atoms with Gasteiger partial charge in [0.2, 0.25) is 5.95 Å². The largest absolute Gasteiger partial charge is 0.490 e. The van der Waals surface area contributed by atoms with E-state index >= 15 is 0 Å². The fourth-order valence-corrected chi connectivity index (χ4v) is 3.47. The summed E-state index contributed by atoms with van der Waals surface area (Å²) < 4.78 is 75.6. The quantitative estimate of drug-likeness (QED) is 0.542. The molecule has 2 saturated heterocycles. The lowest BCUT2D eigenvalue weighted by atomic mass is 9.85. The van der Waals surface area contributed by atoms with E-state index in [9.17, 15) is 26.3 Å². The van der Waals surface area contributed by atoms with E-state index in [0.29, 0.717) is 6.61 Å². The molecule has 2 aromatic rings. The summed E-state index contributed by atoms with van der Waals surface area (Å²) in [6.07, 6.45) is -4.54. The maximum atomic E-state index is 10.6. The predicted octanol–water partition coefficient (Wildman–Crippen LogP) is 3.40. The second-order valence-electron chi connectivity index (χ2n) is 8.24. The molecule has 2 aliphatic heterocycles. The summed E-state index contributed by atoms with van der Waals surface area (Å²) in [6, 6.07) is 7.87. The molecule has 10 nitrogen and oxygen atoms in total. The number of rotatable bonds is 4. The maximum Gasteiger partial charge on any atom is 0.490 e. The van der Waals surface area contributed by atoms with Crippen molar-refractivity contribution < 1.29 is 55.6 Å². The molecule has 2 fully saturated rings. The smallest absolute Gasteiger partial charge is 0.475 e. The number of halogens is 6. The number of carboxylic acid groups (broad SMARTS) is 2. The SMILES string of the molecule is Cc1cccc(COC2CCOC3(C2)CN(c2ncccn2)C3)n1.O=C(O)C(F)(F)F.O=C(O)C(F)(F)F. The number of aromatic nitrogens is 3. The Bertz CT molecular complexity index is 1040. The lowest BCUT2D eigenvalue weighted by Gasteiger charge is -2.52. The number of aryl methyl sites for hydroxylation is 1. The number of carbonyl (C=O) groups is 2. The first-order chi connectivity index (χ1) is 17.6. The highest BCUT2D eigenvalue weighted by Crippen LogP contribution is 2.36. The Balaban J connectivity index is 0.000000301. The van der Waals surface area contributed by atoms with Crippen molar-refractivity contribution in [1.82, 2.24) is 15.0 Å². The fraction of sp³-hybridized carbons (Fsp3) is 0.500. The van der Waals surface area contributed by atoms with Crippen LogP contribution in [0.5, 0.6) is 0 Å². The van der Waals surface area contributed by atoms with E-state index < -0.39 is 24.3 Å². The van der Waals surface area contributed by atoms with Crippen LogP contribution in [0.4, 0.5) is 32.3 Å². The van der Waals surface area contributed by atoms with E-state index in [2.05, 4.69) is 19.9 Å². The number of pyridine rings is 1. The van der Waals surface area contributed by atoms with Crippen LogP contribution in [0.15, 0.2) is 36.7 Å². The zero-order valence-electron chi connectivity index (χ0n) is 19.9. The monoisotopic (exact) mass is 554 g/mol. The molecule has 4 heterocycles.